The summed E-state index contributed by atoms with van der Waals surface area (Å²) in [5.41, 5.74) is 0. The van der Waals surface area contributed by atoms with Crippen LogP contribution in [0.25, 0.3) is 0 Å². The van der Waals surface area contributed by atoms with Crippen molar-refractivity contribution in [1.29, 1.82) is 0 Å². The van der Waals surface area contributed by atoms with Crippen LogP contribution >= 0.6 is 0 Å². The minimum atomic E-state index is -1.91. The Morgan fingerprint density at radius 1 is 0.441 bits per heavy atom. The molecule has 0 aliphatic carbocycles. The molecule has 34 heavy (non-hydrogen) atoms. The highest BCUT2D eigenvalue weighted by atomic mass is 16.8. The third-order valence-corrected chi connectivity index (χ3v) is 6.09. The lowest BCUT2D eigenvalue weighted by Gasteiger charge is -2.47. The van der Waals surface area contributed by atoms with Gasteiger partial charge in [0.05, 0.1) is 19.8 Å². The Morgan fingerprint density at radius 3 is 1.35 bits per heavy atom. The molecule has 1 unspecified atom stereocenters. The number of aliphatic hydroxyl groups excluding tert-OH is 11. The predicted octanol–water partition coefficient (Wildman–Crippen LogP) is -7.57. The summed E-state index contributed by atoms with van der Waals surface area (Å²) >= 11 is 0. The van der Waals surface area contributed by atoms with Gasteiger partial charge in [0.1, 0.15) is 73.2 Å². The first-order valence-electron chi connectivity index (χ1n) is 10.6. The molecule has 11 N–H and O–H groups in total. The summed E-state index contributed by atoms with van der Waals surface area (Å²) in [5, 5.41) is 109. The number of hydrogen-bond acceptors (Lipinski definition) is 16. The monoisotopic (exact) mass is 504 g/mol. The van der Waals surface area contributed by atoms with E-state index in [1.165, 1.54) is 0 Å². The van der Waals surface area contributed by atoms with E-state index in [1.807, 2.05) is 0 Å². The number of ether oxygens (including phenoxy) is 5. The van der Waals surface area contributed by atoms with E-state index in [1.54, 1.807) is 0 Å². The molecule has 15 atom stereocenters. The second-order valence-corrected chi connectivity index (χ2v) is 8.33. The largest absolute Gasteiger partial charge is 0.394 e. The summed E-state index contributed by atoms with van der Waals surface area (Å²) in [5.74, 6) is 0. The fourth-order valence-electron chi connectivity index (χ4n) is 4.06. The fraction of sp³-hybridized carbons (Fsp3) is 1.00. The minimum absolute atomic E-state index is 0.741. The van der Waals surface area contributed by atoms with E-state index < -0.39 is 112 Å². The van der Waals surface area contributed by atoms with Crippen molar-refractivity contribution in [2.75, 3.05) is 19.8 Å². The summed E-state index contributed by atoms with van der Waals surface area (Å²) in [6.45, 7) is -2.32. The molecule has 3 heterocycles. The topological polar surface area (TPSA) is 269 Å². The van der Waals surface area contributed by atoms with E-state index in [2.05, 4.69) is 0 Å². The predicted molar refractivity (Wildman–Crippen MR) is 101 cm³/mol. The molecule has 0 saturated carbocycles. The Balaban J connectivity index is 1.72. The van der Waals surface area contributed by atoms with Crippen LogP contribution in [-0.4, -0.2) is 168 Å². The first-order chi connectivity index (χ1) is 16.0. The zero-order valence-electron chi connectivity index (χ0n) is 17.7. The van der Waals surface area contributed by atoms with Gasteiger partial charge in [0.2, 0.25) is 0 Å². The first-order valence-corrected chi connectivity index (χ1v) is 10.6. The SMILES string of the molecule is OC[C@@H]1O[C@H](O[C@@H]2[C@@H](O)[C@H](O)[C@@H](O[C@@H]3[C@@H](O)[C@H](O)C(O)O[C@H]3CO)O[C@H]2CO)[C@@H](O)[C@H](O)[C@H]1O. The van der Waals surface area contributed by atoms with Crippen molar-refractivity contribution >= 4 is 0 Å². The van der Waals surface area contributed by atoms with Gasteiger partial charge in [-0.05, 0) is 0 Å². The quantitative estimate of drug-likeness (QED) is 0.154. The van der Waals surface area contributed by atoms with Crippen molar-refractivity contribution in [1.82, 2.24) is 0 Å². The van der Waals surface area contributed by atoms with Gasteiger partial charge in [0.25, 0.3) is 0 Å². The van der Waals surface area contributed by atoms with Crippen molar-refractivity contribution in [2.45, 2.75) is 92.1 Å². The molecular formula is C18H32O16. The lowest BCUT2D eigenvalue weighted by molar-refractivity contribution is -0.377. The Kier molecular flexibility index (Phi) is 9.54. The van der Waals surface area contributed by atoms with Gasteiger partial charge >= 0.3 is 0 Å². The normalized spacial score (nSPS) is 52.5. The van der Waals surface area contributed by atoms with Gasteiger partial charge < -0.3 is 79.9 Å². The van der Waals surface area contributed by atoms with E-state index in [0.29, 0.717) is 0 Å². The van der Waals surface area contributed by atoms with E-state index in [4.69, 9.17) is 23.7 Å². The Morgan fingerprint density at radius 2 is 0.853 bits per heavy atom. The molecule has 0 spiro atoms. The zero-order valence-corrected chi connectivity index (χ0v) is 17.7. The summed E-state index contributed by atoms with van der Waals surface area (Å²) in [6, 6.07) is 0. The Bertz CT molecular complexity index is 635. The molecule has 0 aromatic heterocycles. The van der Waals surface area contributed by atoms with Crippen molar-refractivity contribution in [3.05, 3.63) is 0 Å². The van der Waals surface area contributed by atoms with Gasteiger partial charge in [0.15, 0.2) is 18.9 Å². The van der Waals surface area contributed by atoms with Gasteiger partial charge in [-0.15, -0.1) is 0 Å². The zero-order chi connectivity index (χ0) is 25.3. The van der Waals surface area contributed by atoms with Crippen LogP contribution in [0.4, 0.5) is 0 Å². The van der Waals surface area contributed by atoms with Crippen LogP contribution in [0, 0.1) is 0 Å². The minimum Gasteiger partial charge on any atom is -0.394 e. The van der Waals surface area contributed by atoms with Crippen molar-refractivity contribution in [3.63, 3.8) is 0 Å². The second-order valence-electron chi connectivity index (χ2n) is 8.33. The van der Waals surface area contributed by atoms with Crippen molar-refractivity contribution in [3.8, 4) is 0 Å². The van der Waals surface area contributed by atoms with Gasteiger partial charge in [-0.25, -0.2) is 0 Å². The molecule has 0 amide bonds. The van der Waals surface area contributed by atoms with Crippen LogP contribution in [0.15, 0.2) is 0 Å². The third kappa shape index (κ3) is 5.37. The average molecular weight is 504 g/mol. The maximum atomic E-state index is 10.6. The Labute approximate surface area is 192 Å². The highest BCUT2D eigenvalue weighted by Crippen LogP contribution is 2.32. The van der Waals surface area contributed by atoms with Gasteiger partial charge in [0, 0.05) is 0 Å². The molecule has 0 aromatic carbocycles. The third-order valence-electron chi connectivity index (χ3n) is 6.09. The lowest BCUT2D eigenvalue weighted by Crippen LogP contribution is -2.66. The molecule has 16 heteroatoms. The van der Waals surface area contributed by atoms with Crippen LogP contribution < -0.4 is 0 Å². The van der Waals surface area contributed by atoms with Crippen molar-refractivity contribution < 1.29 is 79.9 Å². The van der Waals surface area contributed by atoms with Crippen LogP contribution in [0.5, 0.6) is 0 Å². The van der Waals surface area contributed by atoms with E-state index in [0.717, 1.165) is 0 Å². The smallest absolute Gasteiger partial charge is 0.187 e. The highest BCUT2D eigenvalue weighted by molar-refractivity contribution is 4.96. The highest BCUT2D eigenvalue weighted by Gasteiger charge is 2.53. The fourth-order valence-corrected chi connectivity index (χ4v) is 4.06. The van der Waals surface area contributed by atoms with Crippen LogP contribution in [0.2, 0.25) is 0 Å². The summed E-state index contributed by atoms with van der Waals surface area (Å²) in [6.07, 6.45) is -25.1. The van der Waals surface area contributed by atoms with E-state index >= 15 is 0 Å². The maximum absolute atomic E-state index is 10.6. The summed E-state index contributed by atoms with van der Waals surface area (Å²) in [4.78, 5) is 0. The van der Waals surface area contributed by atoms with Crippen LogP contribution in [-0.2, 0) is 23.7 Å². The number of aliphatic hydroxyl groups is 11. The van der Waals surface area contributed by atoms with Gasteiger partial charge in [-0.3, -0.25) is 0 Å². The molecular weight excluding hydrogens is 472 g/mol. The molecule has 0 bridgehead atoms. The van der Waals surface area contributed by atoms with E-state index in [9.17, 15) is 56.2 Å². The van der Waals surface area contributed by atoms with Gasteiger partial charge in [-0.2, -0.15) is 0 Å². The first kappa shape index (κ1) is 27.9. The molecule has 0 aromatic rings. The summed E-state index contributed by atoms with van der Waals surface area (Å²) < 4.78 is 26.4. The molecule has 3 saturated heterocycles. The van der Waals surface area contributed by atoms with Crippen LogP contribution in [0.3, 0.4) is 0 Å². The maximum Gasteiger partial charge on any atom is 0.187 e. The molecule has 3 rings (SSSR count). The molecule has 3 aliphatic rings. The number of rotatable bonds is 7. The molecule has 0 radical (unpaired) electrons. The summed E-state index contributed by atoms with van der Waals surface area (Å²) in [7, 11) is 0. The second kappa shape index (κ2) is 11.6. The standard InChI is InChI=1S/C18H32O16/c19-1-4-7(22)8(23)12(27)17(31-4)34-15-6(3-21)32-18(13(28)10(15)25)33-14-5(2-20)30-16(29)11(26)9(14)24/h4-29H,1-3H2/t4-,5-,6-,7-,8+,9-,10-,11-,12-,13-,14-,15-,16?,17+,18+/m0/s1. The van der Waals surface area contributed by atoms with E-state index in [-0.39, 0.29) is 0 Å². The average Bonchev–Trinajstić information content (AvgIpc) is 2.83. The van der Waals surface area contributed by atoms with Gasteiger partial charge in [-0.1, -0.05) is 0 Å². The number of hydrogen-bond donors (Lipinski definition) is 11. The molecule has 3 aliphatic heterocycles. The lowest BCUT2D eigenvalue weighted by atomic mass is 9.96. The molecule has 16 nitrogen and oxygen atoms in total. The molecule has 3 fully saturated rings. The Hall–Kier alpha value is -0.640. The molecule has 200 valence electrons. The van der Waals surface area contributed by atoms with Crippen molar-refractivity contribution in [2.24, 2.45) is 0 Å². The van der Waals surface area contributed by atoms with Crippen LogP contribution in [0.1, 0.15) is 0 Å².